The molecule has 0 saturated heterocycles. The summed E-state index contributed by atoms with van der Waals surface area (Å²) in [5.41, 5.74) is 0.470. The van der Waals surface area contributed by atoms with Crippen LogP contribution in [0.15, 0.2) is 22.7 Å². The van der Waals surface area contributed by atoms with Crippen LogP contribution < -0.4 is 5.32 Å². The fourth-order valence-corrected chi connectivity index (χ4v) is 2.10. The van der Waals surface area contributed by atoms with Gasteiger partial charge < -0.3 is 10.4 Å². The van der Waals surface area contributed by atoms with Crippen LogP contribution in [0.3, 0.4) is 0 Å². The van der Waals surface area contributed by atoms with E-state index < -0.39 is 5.97 Å². The molecule has 104 valence electrons. The summed E-state index contributed by atoms with van der Waals surface area (Å²) in [4.78, 5) is 22.4. The lowest BCUT2D eigenvalue weighted by atomic mass is 10.1. The van der Waals surface area contributed by atoms with Crippen LogP contribution >= 0.6 is 27.5 Å². The predicted molar refractivity (Wildman–Crippen MR) is 77.5 cm³/mol. The number of carboxylic acid groups (broad SMARTS) is 1. The summed E-state index contributed by atoms with van der Waals surface area (Å²) in [5, 5.41) is 11.8. The highest BCUT2D eigenvalue weighted by atomic mass is 79.9. The summed E-state index contributed by atoms with van der Waals surface area (Å²) in [7, 11) is 0. The van der Waals surface area contributed by atoms with Gasteiger partial charge in [0.1, 0.15) is 0 Å². The Balaban J connectivity index is 2.51. The number of carbonyl (C=O) groups is 2. The Kier molecular flexibility index (Phi) is 6.31. The number of hydrogen-bond donors (Lipinski definition) is 2. The van der Waals surface area contributed by atoms with Crippen molar-refractivity contribution >= 4 is 39.4 Å². The largest absolute Gasteiger partial charge is 0.481 e. The third kappa shape index (κ3) is 5.61. The lowest BCUT2D eigenvalue weighted by Gasteiger charge is -2.12. The number of carbonyl (C=O) groups excluding carboxylic acids is 1. The van der Waals surface area contributed by atoms with Gasteiger partial charge in [-0.3, -0.25) is 9.59 Å². The Morgan fingerprint density at radius 2 is 2.16 bits per heavy atom. The normalized spacial score (nSPS) is 11.9. The monoisotopic (exact) mass is 347 g/mol. The van der Waals surface area contributed by atoms with Gasteiger partial charge in [0.2, 0.25) is 0 Å². The van der Waals surface area contributed by atoms with E-state index in [1.54, 1.807) is 18.2 Å². The molecule has 0 aliphatic carbocycles. The van der Waals surface area contributed by atoms with E-state index >= 15 is 0 Å². The molecule has 1 rings (SSSR count). The number of hydrogen-bond acceptors (Lipinski definition) is 2. The van der Waals surface area contributed by atoms with E-state index in [2.05, 4.69) is 21.2 Å². The van der Waals surface area contributed by atoms with Crippen LogP contribution in [-0.2, 0) is 4.79 Å². The van der Waals surface area contributed by atoms with E-state index in [1.807, 2.05) is 6.92 Å². The van der Waals surface area contributed by atoms with Gasteiger partial charge in [-0.15, -0.1) is 0 Å². The first-order chi connectivity index (χ1) is 8.90. The van der Waals surface area contributed by atoms with Gasteiger partial charge in [-0.1, -0.05) is 18.5 Å². The molecule has 0 saturated carbocycles. The van der Waals surface area contributed by atoms with Gasteiger partial charge in [0, 0.05) is 22.5 Å². The van der Waals surface area contributed by atoms with Crippen LogP contribution in [0.25, 0.3) is 0 Å². The predicted octanol–water partition coefficient (Wildman–Crippen LogP) is 3.33. The highest BCUT2D eigenvalue weighted by molar-refractivity contribution is 9.10. The number of halogens is 2. The van der Waals surface area contributed by atoms with Crippen molar-refractivity contribution in [3.63, 3.8) is 0 Å². The molecule has 0 aliphatic rings. The lowest BCUT2D eigenvalue weighted by Crippen LogP contribution is -2.28. The summed E-state index contributed by atoms with van der Waals surface area (Å²) in [5.74, 6) is -0.940. The van der Waals surface area contributed by atoms with E-state index in [0.29, 0.717) is 28.0 Å². The highest BCUT2D eigenvalue weighted by Gasteiger charge is 2.12. The number of nitrogens with one attached hydrogen (secondary N) is 1. The van der Waals surface area contributed by atoms with Gasteiger partial charge in [0.25, 0.3) is 5.91 Å². The molecule has 0 radical (unpaired) electrons. The summed E-state index contributed by atoms with van der Waals surface area (Å²) < 4.78 is 0.674. The van der Waals surface area contributed by atoms with Gasteiger partial charge in [0.05, 0.1) is 5.56 Å². The van der Waals surface area contributed by atoms with E-state index in [1.165, 1.54) is 0 Å². The van der Waals surface area contributed by atoms with E-state index in [0.717, 1.165) is 0 Å². The van der Waals surface area contributed by atoms with Crippen LogP contribution in [-0.4, -0.2) is 23.5 Å². The molecular formula is C13H15BrClNO3. The molecule has 1 amide bonds. The second kappa shape index (κ2) is 7.50. The Morgan fingerprint density at radius 1 is 1.47 bits per heavy atom. The van der Waals surface area contributed by atoms with Crippen LogP contribution in [0.5, 0.6) is 0 Å². The molecule has 1 atom stereocenters. The Morgan fingerprint density at radius 3 is 2.79 bits per heavy atom. The van der Waals surface area contributed by atoms with Crippen molar-refractivity contribution in [2.75, 3.05) is 6.54 Å². The summed E-state index contributed by atoms with van der Waals surface area (Å²) >= 11 is 9.13. The summed E-state index contributed by atoms with van der Waals surface area (Å²) in [6.07, 6.45) is 0.643. The summed E-state index contributed by atoms with van der Waals surface area (Å²) in [6.45, 7) is 2.33. The average molecular weight is 349 g/mol. The first kappa shape index (κ1) is 16.0. The second-order valence-electron chi connectivity index (χ2n) is 4.37. The Labute approximate surface area is 125 Å². The molecule has 4 nitrogen and oxygen atoms in total. The van der Waals surface area contributed by atoms with Crippen molar-refractivity contribution in [1.82, 2.24) is 5.32 Å². The standard InChI is InChI=1S/C13H15BrClNO3/c1-8(2-5-12(17)18)7-16-13(19)10-6-9(15)3-4-11(10)14/h3-4,6,8H,2,5,7H2,1H3,(H,16,19)(H,17,18). The van der Waals surface area contributed by atoms with Crippen molar-refractivity contribution in [2.24, 2.45) is 5.92 Å². The van der Waals surface area contributed by atoms with Crippen LogP contribution in [0, 0.1) is 5.92 Å². The zero-order valence-electron chi connectivity index (χ0n) is 10.5. The average Bonchev–Trinajstić information content (AvgIpc) is 2.36. The molecule has 0 bridgehead atoms. The topological polar surface area (TPSA) is 66.4 Å². The number of amides is 1. The van der Waals surface area contributed by atoms with Crippen LogP contribution in [0.2, 0.25) is 5.02 Å². The van der Waals surface area contributed by atoms with Crippen molar-refractivity contribution in [2.45, 2.75) is 19.8 Å². The van der Waals surface area contributed by atoms with Crippen molar-refractivity contribution in [3.8, 4) is 0 Å². The first-order valence-corrected chi connectivity index (χ1v) is 7.02. The molecule has 0 aliphatic heterocycles. The molecule has 0 aromatic heterocycles. The third-order valence-electron chi connectivity index (χ3n) is 2.64. The van der Waals surface area contributed by atoms with Crippen LogP contribution in [0.1, 0.15) is 30.1 Å². The Hall–Kier alpha value is -1.07. The van der Waals surface area contributed by atoms with Gasteiger partial charge in [-0.05, 0) is 46.5 Å². The van der Waals surface area contributed by atoms with Gasteiger partial charge in [-0.2, -0.15) is 0 Å². The van der Waals surface area contributed by atoms with Crippen molar-refractivity contribution in [1.29, 1.82) is 0 Å². The minimum absolute atomic E-state index is 0.109. The molecule has 1 aromatic carbocycles. The number of carboxylic acids is 1. The summed E-state index contributed by atoms with van der Waals surface area (Å²) in [6, 6.07) is 4.99. The molecule has 19 heavy (non-hydrogen) atoms. The SMILES string of the molecule is CC(CCC(=O)O)CNC(=O)c1cc(Cl)ccc1Br. The minimum Gasteiger partial charge on any atom is -0.481 e. The zero-order valence-corrected chi connectivity index (χ0v) is 12.8. The maximum absolute atomic E-state index is 11.9. The van der Waals surface area contributed by atoms with E-state index in [-0.39, 0.29) is 18.2 Å². The second-order valence-corrected chi connectivity index (χ2v) is 5.66. The maximum atomic E-state index is 11.9. The third-order valence-corrected chi connectivity index (χ3v) is 3.56. The first-order valence-electron chi connectivity index (χ1n) is 5.85. The minimum atomic E-state index is -0.823. The number of rotatable bonds is 6. The van der Waals surface area contributed by atoms with Gasteiger partial charge in [-0.25, -0.2) is 0 Å². The maximum Gasteiger partial charge on any atom is 0.303 e. The zero-order chi connectivity index (χ0) is 14.4. The fraction of sp³-hybridized carbons (Fsp3) is 0.385. The number of aliphatic carboxylic acids is 1. The highest BCUT2D eigenvalue weighted by Crippen LogP contribution is 2.21. The molecule has 0 fully saturated rings. The fourth-order valence-electron chi connectivity index (χ4n) is 1.51. The lowest BCUT2D eigenvalue weighted by molar-refractivity contribution is -0.137. The molecule has 1 unspecified atom stereocenters. The molecule has 0 heterocycles. The van der Waals surface area contributed by atoms with E-state index in [4.69, 9.17) is 16.7 Å². The van der Waals surface area contributed by atoms with Gasteiger partial charge >= 0.3 is 5.97 Å². The van der Waals surface area contributed by atoms with Crippen LogP contribution in [0.4, 0.5) is 0 Å². The molecular weight excluding hydrogens is 334 g/mol. The van der Waals surface area contributed by atoms with E-state index in [9.17, 15) is 9.59 Å². The van der Waals surface area contributed by atoms with Crippen molar-refractivity contribution < 1.29 is 14.7 Å². The van der Waals surface area contributed by atoms with Crippen molar-refractivity contribution in [3.05, 3.63) is 33.3 Å². The molecule has 1 aromatic rings. The molecule has 6 heteroatoms. The molecule has 0 spiro atoms. The van der Waals surface area contributed by atoms with Gasteiger partial charge in [0.15, 0.2) is 0 Å². The smallest absolute Gasteiger partial charge is 0.303 e. The Bertz CT molecular complexity index is 479. The quantitative estimate of drug-likeness (QED) is 0.828. The number of benzene rings is 1. The molecule has 2 N–H and O–H groups in total.